The van der Waals surface area contributed by atoms with Gasteiger partial charge in [0.1, 0.15) is 5.82 Å². The molecule has 3 rings (SSSR count). The smallest absolute Gasteiger partial charge is 0.139 e. The van der Waals surface area contributed by atoms with Gasteiger partial charge in [-0.05, 0) is 73.1 Å². The first-order valence-electron chi connectivity index (χ1n) is 13.1. The third-order valence-corrected chi connectivity index (χ3v) is 6.89. The Balaban J connectivity index is 1.47. The van der Waals surface area contributed by atoms with Gasteiger partial charge in [-0.1, -0.05) is 95.0 Å². The van der Waals surface area contributed by atoms with Crippen LogP contribution in [-0.2, 0) is 6.42 Å². The zero-order chi connectivity index (χ0) is 23.3. The Morgan fingerprint density at radius 2 is 1.42 bits per heavy atom. The molecule has 174 valence electrons. The van der Waals surface area contributed by atoms with Gasteiger partial charge in [-0.3, -0.25) is 0 Å². The number of aryl methyl sites for hydroxylation is 1. The molecule has 2 aromatic carbocycles. The molecule has 0 aromatic heterocycles. The Hall–Kier alpha value is -2.51. The van der Waals surface area contributed by atoms with Crippen molar-refractivity contribution in [3.8, 4) is 23.7 Å². The molecule has 0 heterocycles. The van der Waals surface area contributed by atoms with Crippen molar-refractivity contribution in [1.29, 1.82) is 0 Å². The number of benzene rings is 2. The fraction of sp³-hybridized carbons (Fsp3) is 0.500. The maximum absolute atomic E-state index is 14.6. The normalized spacial score (nSPS) is 17.5. The second kappa shape index (κ2) is 13.9. The fourth-order valence-electron chi connectivity index (χ4n) is 4.74. The minimum atomic E-state index is -0.207. The number of hydrogen-bond donors (Lipinski definition) is 0. The van der Waals surface area contributed by atoms with E-state index >= 15 is 0 Å². The second-order valence-electron chi connectivity index (χ2n) is 9.61. The molecule has 1 fully saturated rings. The van der Waals surface area contributed by atoms with E-state index in [0.29, 0.717) is 5.56 Å². The van der Waals surface area contributed by atoms with Gasteiger partial charge in [0.2, 0.25) is 0 Å². The van der Waals surface area contributed by atoms with Gasteiger partial charge in [-0.15, -0.1) is 0 Å². The van der Waals surface area contributed by atoms with E-state index in [2.05, 4.69) is 43.6 Å². The summed E-state index contributed by atoms with van der Waals surface area (Å²) in [4.78, 5) is 0. The van der Waals surface area contributed by atoms with E-state index in [1.54, 1.807) is 6.07 Å². The van der Waals surface area contributed by atoms with Crippen LogP contribution in [0.2, 0.25) is 0 Å². The summed E-state index contributed by atoms with van der Waals surface area (Å²) in [5.41, 5.74) is 3.44. The van der Waals surface area contributed by atoms with Crippen LogP contribution in [0.15, 0.2) is 42.5 Å². The van der Waals surface area contributed by atoms with E-state index in [0.717, 1.165) is 47.8 Å². The zero-order valence-corrected chi connectivity index (χ0v) is 20.6. The molecule has 0 nitrogen and oxygen atoms in total. The summed E-state index contributed by atoms with van der Waals surface area (Å²) in [6.45, 7) is 4.41. The van der Waals surface area contributed by atoms with Crippen LogP contribution in [0.1, 0.15) is 107 Å². The molecule has 0 N–H and O–H groups in total. The average Bonchev–Trinajstić information content (AvgIpc) is 2.84. The number of hydrogen-bond acceptors (Lipinski definition) is 0. The molecular weight excluding hydrogens is 403 g/mol. The van der Waals surface area contributed by atoms with E-state index < -0.39 is 0 Å². The number of halogens is 1. The second-order valence-corrected chi connectivity index (χ2v) is 9.61. The number of unbranched alkanes of at least 4 members (excludes halogenated alkanes) is 3. The molecule has 0 aliphatic heterocycles. The van der Waals surface area contributed by atoms with Crippen molar-refractivity contribution in [2.24, 2.45) is 11.8 Å². The Morgan fingerprint density at radius 1 is 0.758 bits per heavy atom. The first-order chi connectivity index (χ1) is 16.2. The third-order valence-electron chi connectivity index (χ3n) is 6.89. The maximum Gasteiger partial charge on any atom is 0.139 e. The SMILES string of the molecule is CCCC#Cc1ccc(C#Cc2ccc(CCC3CCC(CCCCC)CC3)cc2F)cc1. The molecule has 2 aromatic rings. The highest BCUT2D eigenvalue weighted by atomic mass is 19.1. The molecule has 0 atom stereocenters. The standard InChI is InChI=1S/C32H39F/c1-3-5-7-9-26-11-15-28(16-12-26)19-20-30-22-24-31(32(33)25-30)23-21-29-17-13-27(14-18-29)10-8-6-4-2/h13-14,17-18,22,24-26,28H,3-7,9,11-12,15-16,19-20H2,1-2H3. The summed E-state index contributed by atoms with van der Waals surface area (Å²) >= 11 is 0. The van der Waals surface area contributed by atoms with Crippen molar-refractivity contribution in [2.75, 3.05) is 0 Å². The lowest BCUT2D eigenvalue weighted by atomic mass is 9.78. The van der Waals surface area contributed by atoms with Gasteiger partial charge in [0, 0.05) is 17.5 Å². The van der Waals surface area contributed by atoms with E-state index in [1.165, 1.54) is 57.8 Å². The topological polar surface area (TPSA) is 0 Å². The summed E-state index contributed by atoms with van der Waals surface area (Å²) in [6, 6.07) is 13.4. The van der Waals surface area contributed by atoms with Gasteiger partial charge < -0.3 is 0 Å². The van der Waals surface area contributed by atoms with Crippen molar-refractivity contribution in [2.45, 2.75) is 90.9 Å². The van der Waals surface area contributed by atoms with Crippen LogP contribution in [0.4, 0.5) is 4.39 Å². The van der Waals surface area contributed by atoms with Crippen LogP contribution < -0.4 is 0 Å². The Kier molecular flexibility index (Phi) is 10.6. The Morgan fingerprint density at radius 3 is 2.06 bits per heavy atom. The van der Waals surface area contributed by atoms with Crippen LogP contribution in [0, 0.1) is 41.3 Å². The summed E-state index contributed by atoms with van der Waals surface area (Å²) in [5, 5.41) is 0. The molecule has 1 saturated carbocycles. The van der Waals surface area contributed by atoms with Crippen molar-refractivity contribution in [3.05, 3.63) is 70.5 Å². The zero-order valence-electron chi connectivity index (χ0n) is 20.6. The van der Waals surface area contributed by atoms with E-state index in [1.807, 2.05) is 30.3 Å². The minimum absolute atomic E-state index is 0.207. The lowest BCUT2D eigenvalue weighted by Gasteiger charge is -2.28. The largest absolute Gasteiger partial charge is 0.206 e. The van der Waals surface area contributed by atoms with E-state index in [-0.39, 0.29) is 5.82 Å². The number of rotatable bonds is 8. The summed E-state index contributed by atoms with van der Waals surface area (Å²) < 4.78 is 14.6. The van der Waals surface area contributed by atoms with Gasteiger partial charge in [0.15, 0.2) is 0 Å². The molecule has 0 unspecified atom stereocenters. The highest BCUT2D eigenvalue weighted by molar-refractivity contribution is 5.46. The van der Waals surface area contributed by atoms with Gasteiger partial charge in [0.05, 0.1) is 5.56 Å². The lowest BCUT2D eigenvalue weighted by molar-refractivity contribution is 0.249. The maximum atomic E-state index is 14.6. The van der Waals surface area contributed by atoms with Crippen LogP contribution >= 0.6 is 0 Å². The first kappa shape index (κ1) is 25.1. The van der Waals surface area contributed by atoms with Crippen molar-refractivity contribution >= 4 is 0 Å². The lowest BCUT2D eigenvalue weighted by Crippen LogP contribution is -2.15. The van der Waals surface area contributed by atoms with Crippen LogP contribution in [-0.4, -0.2) is 0 Å². The molecule has 1 heteroatoms. The van der Waals surface area contributed by atoms with Crippen molar-refractivity contribution in [3.63, 3.8) is 0 Å². The summed E-state index contributed by atoms with van der Waals surface area (Å²) in [7, 11) is 0. The van der Waals surface area contributed by atoms with Crippen LogP contribution in [0.5, 0.6) is 0 Å². The van der Waals surface area contributed by atoms with E-state index in [4.69, 9.17) is 0 Å². The Labute approximate surface area is 201 Å². The monoisotopic (exact) mass is 442 g/mol. The molecule has 1 aliphatic rings. The Bertz CT molecular complexity index is 969. The molecule has 1 aliphatic carbocycles. The molecular formula is C32H39F. The predicted molar refractivity (Wildman–Crippen MR) is 139 cm³/mol. The van der Waals surface area contributed by atoms with Gasteiger partial charge in [0.25, 0.3) is 0 Å². The molecule has 0 saturated heterocycles. The van der Waals surface area contributed by atoms with E-state index in [9.17, 15) is 4.39 Å². The highest BCUT2D eigenvalue weighted by Crippen LogP contribution is 2.34. The molecule has 0 bridgehead atoms. The third kappa shape index (κ3) is 8.74. The van der Waals surface area contributed by atoms with Crippen LogP contribution in [0.25, 0.3) is 0 Å². The summed E-state index contributed by atoms with van der Waals surface area (Å²) in [5.74, 6) is 13.9. The molecule has 0 amide bonds. The fourth-order valence-corrected chi connectivity index (χ4v) is 4.74. The van der Waals surface area contributed by atoms with Gasteiger partial charge in [-0.25, -0.2) is 4.39 Å². The van der Waals surface area contributed by atoms with Crippen molar-refractivity contribution in [1.82, 2.24) is 0 Å². The summed E-state index contributed by atoms with van der Waals surface area (Å²) in [6.07, 6.45) is 15.1. The minimum Gasteiger partial charge on any atom is -0.206 e. The van der Waals surface area contributed by atoms with Gasteiger partial charge >= 0.3 is 0 Å². The quantitative estimate of drug-likeness (QED) is 0.283. The predicted octanol–water partition coefficient (Wildman–Crippen LogP) is 8.70. The first-order valence-corrected chi connectivity index (χ1v) is 13.1. The average molecular weight is 443 g/mol. The van der Waals surface area contributed by atoms with Crippen molar-refractivity contribution < 1.29 is 4.39 Å². The highest BCUT2D eigenvalue weighted by Gasteiger charge is 2.20. The molecule has 0 radical (unpaired) electrons. The van der Waals surface area contributed by atoms with Gasteiger partial charge in [-0.2, -0.15) is 0 Å². The molecule has 33 heavy (non-hydrogen) atoms. The molecule has 0 spiro atoms. The van der Waals surface area contributed by atoms with Crippen LogP contribution in [0.3, 0.4) is 0 Å².